The maximum atomic E-state index is 12.7. The van der Waals surface area contributed by atoms with Crippen molar-refractivity contribution < 1.29 is 14.3 Å². The highest BCUT2D eigenvalue weighted by atomic mass is 16.5. The third kappa shape index (κ3) is 2.99. The van der Waals surface area contributed by atoms with Crippen molar-refractivity contribution in [1.29, 1.82) is 0 Å². The van der Waals surface area contributed by atoms with Crippen molar-refractivity contribution >= 4 is 17.5 Å². The van der Waals surface area contributed by atoms with Crippen LogP contribution in [0.4, 0.5) is 0 Å². The van der Waals surface area contributed by atoms with Crippen LogP contribution in [0.2, 0.25) is 0 Å². The van der Waals surface area contributed by atoms with Crippen LogP contribution in [0, 0.1) is 19.3 Å². The molecule has 2 fully saturated rings. The van der Waals surface area contributed by atoms with Gasteiger partial charge in [-0.3, -0.25) is 9.59 Å². The predicted octanol–water partition coefficient (Wildman–Crippen LogP) is 0.879. The fraction of sp³-hybridized carbons (Fsp3) is 0.474. The van der Waals surface area contributed by atoms with E-state index in [9.17, 15) is 9.59 Å². The predicted molar refractivity (Wildman–Crippen MR) is 98.4 cm³/mol. The van der Waals surface area contributed by atoms with Gasteiger partial charge in [0.05, 0.1) is 35.9 Å². The Morgan fingerprint density at radius 3 is 2.96 bits per heavy atom. The van der Waals surface area contributed by atoms with Gasteiger partial charge in [-0.2, -0.15) is 5.10 Å². The lowest BCUT2D eigenvalue weighted by molar-refractivity contribution is -0.137. The quantitative estimate of drug-likeness (QED) is 0.808. The highest BCUT2D eigenvalue weighted by molar-refractivity contribution is 5.96. The van der Waals surface area contributed by atoms with E-state index < -0.39 is 0 Å². The van der Waals surface area contributed by atoms with E-state index in [4.69, 9.17) is 4.74 Å². The van der Waals surface area contributed by atoms with Crippen molar-refractivity contribution in [2.24, 2.45) is 5.41 Å². The molecule has 1 N–H and O–H groups in total. The van der Waals surface area contributed by atoms with Crippen molar-refractivity contribution in [3.05, 3.63) is 41.9 Å². The molecule has 2 aliphatic heterocycles. The number of amides is 2. The molecule has 2 aromatic heterocycles. The van der Waals surface area contributed by atoms with Gasteiger partial charge < -0.3 is 15.0 Å². The molecule has 1 spiro atoms. The Balaban J connectivity index is 1.37. The first-order chi connectivity index (χ1) is 12.9. The Labute approximate surface area is 157 Å². The number of aromatic nitrogens is 3. The summed E-state index contributed by atoms with van der Waals surface area (Å²) in [5, 5.41) is 7.19. The summed E-state index contributed by atoms with van der Waals surface area (Å²) in [4.78, 5) is 30.6. The zero-order chi connectivity index (χ0) is 19.2. The smallest absolute Gasteiger partial charge is 0.255 e. The first kappa shape index (κ1) is 17.7. The maximum Gasteiger partial charge on any atom is 0.255 e. The van der Waals surface area contributed by atoms with E-state index in [-0.39, 0.29) is 23.3 Å². The molecule has 1 unspecified atom stereocenters. The van der Waals surface area contributed by atoms with Crippen LogP contribution in [0.1, 0.15) is 28.2 Å². The Bertz CT molecular complexity index is 929. The number of fused-ring (bicyclic) bond motifs is 1. The summed E-state index contributed by atoms with van der Waals surface area (Å²) in [5.74, 6) is -0.207. The fourth-order valence-corrected chi connectivity index (χ4v) is 4.15. The SMILES string of the molecule is C=CC(=O)N1CC2(COC(CNC(=O)c3c(C)nc4ccnn4c3C)C2)C1. The van der Waals surface area contributed by atoms with Crippen LogP contribution >= 0.6 is 0 Å². The molecule has 4 heterocycles. The molecule has 8 nitrogen and oxygen atoms in total. The lowest BCUT2D eigenvalue weighted by atomic mass is 9.78. The molecule has 0 radical (unpaired) electrons. The van der Waals surface area contributed by atoms with Crippen LogP contribution < -0.4 is 5.32 Å². The second kappa shape index (κ2) is 6.45. The van der Waals surface area contributed by atoms with Crippen molar-refractivity contribution in [2.45, 2.75) is 26.4 Å². The van der Waals surface area contributed by atoms with Gasteiger partial charge in [-0.05, 0) is 26.3 Å². The van der Waals surface area contributed by atoms with Crippen LogP contribution in [0.5, 0.6) is 0 Å². The van der Waals surface area contributed by atoms with Crippen molar-refractivity contribution in [3.8, 4) is 0 Å². The topological polar surface area (TPSA) is 88.8 Å². The number of carbonyl (C=O) groups excluding carboxylic acids is 2. The highest BCUT2D eigenvalue weighted by Crippen LogP contribution is 2.41. The molecular weight excluding hydrogens is 346 g/mol. The van der Waals surface area contributed by atoms with Gasteiger partial charge >= 0.3 is 0 Å². The third-order valence-electron chi connectivity index (χ3n) is 5.49. The zero-order valence-electron chi connectivity index (χ0n) is 15.6. The van der Waals surface area contributed by atoms with Crippen LogP contribution in [0.25, 0.3) is 5.65 Å². The zero-order valence-corrected chi connectivity index (χ0v) is 15.6. The van der Waals surface area contributed by atoms with Crippen molar-refractivity contribution in [1.82, 2.24) is 24.8 Å². The number of rotatable bonds is 4. The molecule has 8 heteroatoms. The summed E-state index contributed by atoms with van der Waals surface area (Å²) < 4.78 is 7.53. The second-order valence-electron chi connectivity index (χ2n) is 7.50. The number of hydrogen-bond acceptors (Lipinski definition) is 5. The maximum absolute atomic E-state index is 12.7. The van der Waals surface area contributed by atoms with Crippen LogP contribution in [0.15, 0.2) is 24.9 Å². The summed E-state index contributed by atoms with van der Waals surface area (Å²) >= 11 is 0. The van der Waals surface area contributed by atoms with Crippen LogP contribution in [0.3, 0.4) is 0 Å². The van der Waals surface area contributed by atoms with E-state index >= 15 is 0 Å². The van der Waals surface area contributed by atoms with Crippen LogP contribution in [-0.4, -0.2) is 63.7 Å². The van der Waals surface area contributed by atoms with Crippen LogP contribution in [-0.2, 0) is 9.53 Å². The molecule has 2 aliphatic rings. The molecule has 0 aliphatic carbocycles. The molecule has 1 atom stereocenters. The minimum Gasteiger partial charge on any atom is -0.376 e. The van der Waals surface area contributed by atoms with E-state index in [0.717, 1.165) is 17.8 Å². The van der Waals surface area contributed by atoms with E-state index in [1.807, 2.05) is 19.9 Å². The summed E-state index contributed by atoms with van der Waals surface area (Å²) in [6, 6.07) is 1.81. The van der Waals surface area contributed by atoms with Gasteiger partial charge in [-0.15, -0.1) is 0 Å². The largest absolute Gasteiger partial charge is 0.376 e. The van der Waals surface area contributed by atoms with Crippen molar-refractivity contribution in [2.75, 3.05) is 26.2 Å². The Morgan fingerprint density at radius 2 is 2.22 bits per heavy atom. The Hall–Kier alpha value is -2.74. The van der Waals surface area contributed by atoms with Gasteiger partial charge in [-0.1, -0.05) is 6.58 Å². The van der Waals surface area contributed by atoms with Crippen molar-refractivity contribution in [3.63, 3.8) is 0 Å². The number of aryl methyl sites for hydroxylation is 2. The molecular formula is C19H23N5O3. The highest BCUT2D eigenvalue weighted by Gasteiger charge is 2.50. The molecule has 0 aromatic carbocycles. The number of ether oxygens (including phenoxy) is 1. The second-order valence-corrected chi connectivity index (χ2v) is 7.50. The Kier molecular flexibility index (Phi) is 4.22. The number of nitrogens with zero attached hydrogens (tertiary/aromatic N) is 4. The monoisotopic (exact) mass is 369 g/mol. The molecule has 4 rings (SSSR count). The summed E-state index contributed by atoms with van der Waals surface area (Å²) in [6.45, 7) is 9.66. The summed E-state index contributed by atoms with van der Waals surface area (Å²) in [5.41, 5.74) is 2.74. The molecule has 2 saturated heterocycles. The number of carbonyl (C=O) groups is 2. The first-order valence-corrected chi connectivity index (χ1v) is 9.04. The normalized spacial score (nSPS) is 20.7. The van der Waals surface area contributed by atoms with E-state index in [2.05, 4.69) is 22.0 Å². The van der Waals surface area contributed by atoms with Gasteiger partial charge in [-0.25, -0.2) is 9.50 Å². The molecule has 142 valence electrons. The number of nitrogens with one attached hydrogen (secondary N) is 1. The van der Waals surface area contributed by atoms with E-state index in [1.54, 1.807) is 15.6 Å². The number of hydrogen-bond donors (Lipinski definition) is 1. The van der Waals surface area contributed by atoms with Gasteiger partial charge in [0.1, 0.15) is 0 Å². The molecule has 0 saturated carbocycles. The third-order valence-corrected chi connectivity index (χ3v) is 5.49. The van der Waals surface area contributed by atoms with E-state index in [1.165, 1.54) is 6.08 Å². The molecule has 2 aromatic rings. The first-order valence-electron chi connectivity index (χ1n) is 9.04. The van der Waals surface area contributed by atoms with Gasteiger partial charge in [0, 0.05) is 31.1 Å². The standard InChI is InChI=1S/C19H23N5O3/c1-4-16(25)23-9-19(10-23)7-14(27-11-19)8-20-18(26)17-12(2)22-15-5-6-21-24(15)13(17)3/h4-6,14H,1,7-11H2,2-3H3,(H,20,26). The fourth-order valence-electron chi connectivity index (χ4n) is 4.15. The molecule has 2 amide bonds. The average molecular weight is 369 g/mol. The minimum absolute atomic E-state index is 0.0232. The molecule has 0 bridgehead atoms. The summed E-state index contributed by atoms with van der Waals surface area (Å²) in [7, 11) is 0. The lowest BCUT2D eigenvalue weighted by Gasteiger charge is -2.46. The Morgan fingerprint density at radius 1 is 1.44 bits per heavy atom. The molecule has 27 heavy (non-hydrogen) atoms. The average Bonchev–Trinajstić information content (AvgIpc) is 3.25. The summed E-state index contributed by atoms with van der Waals surface area (Å²) in [6.07, 6.45) is 3.80. The van der Waals surface area contributed by atoms with E-state index in [0.29, 0.717) is 37.5 Å². The minimum atomic E-state index is -0.170. The number of likely N-dealkylation sites (tertiary alicyclic amines) is 1. The van der Waals surface area contributed by atoms with Gasteiger partial charge in [0.15, 0.2) is 5.65 Å². The van der Waals surface area contributed by atoms with Gasteiger partial charge in [0.25, 0.3) is 5.91 Å². The lowest BCUT2D eigenvalue weighted by Crippen LogP contribution is -2.58. The van der Waals surface area contributed by atoms with Gasteiger partial charge in [0.2, 0.25) is 5.91 Å².